The Kier molecular flexibility index (Phi) is 4.15. The van der Waals surface area contributed by atoms with Crippen molar-refractivity contribution in [2.45, 2.75) is 44.2 Å². The third kappa shape index (κ3) is 3.28. The first-order valence-corrected chi connectivity index (χ1v) is 7.03. The van der Waals surface area contributed by atoms with Crippen molar-refractivity contribution in [2.24, 2.45) is 0 Å². The van der Waals surface area contributed by atoms with Crippen molar-refractivity contribution in [2.75, 3.05) is 0 Å². The molecule has 0 heterocycles. The Morgan fingerprint density at radius 2 is 1.94 bits per heavy atom. The van der Waals surface area contributed by atoms with Crippen LogP contribution < -0.4 is 4.72 Å². The summed E-state index contributed by atoms with van der Waals surface area (Å²) in [6, 6.07) is 3.70. The number of benzene rings is 1. The van der Waals surface area contributed by atoms with Gasteiger partial charge in [0.2, 0.25) is 10.0 Å². The molecule has 1 rings (SSSR count). The minimum absolute atomic E-state index is 0.153. The lowest BCUT2D eigenvalue weighted by atomic mass is 10.0. The van der Waals surface area contributed by atoms with E-state index in [4.69, 9.17) is 0 Å². The van der Waals surface area contributed by atoms with E-state index in [1.54, 1.807) is 20.8 Å². The molecule has 1 aromatic carbocycles. The van der Waals surface area contributed by atoms with Gasteiger partial charge in [-0.3, -0.25) is 0 Å². The molecule has 0 spiro atoms. The zero-order valence-electron chi connectivity index (χ0n) is 10.9. The summed E-state index contributed by atoms with van der Waals surface area (Å²) in [7, 11) is -3.85. The summed E-state index contributed by atoms with van der Waals surface area (Å²) in [6.45, 7) is 6.15. The molecule has 0 saturated carbocycles. The van der Waals surface area contributed by atoms with E-state index in [0.717, 1.165) is 6.07 Å². The van der Waals surface area contributed by atoms with Crippen molar-refractivity contribution < 1.29 is 17.9 Å². The molecule has 0 fully saturated rings. The number of hydrogen-bond acceptors (Lipinski definition) is 3. The molecule has 1 unspecified atom stereocenters. The van der Waals surface area contributed by atoms with Gasteiger partial charge in [-0.2, -0.15) is 0 Å². The predicted octanol–water partition coefficient (Wildman–Crippen LogP) is 1.57. The van der Waals surface area contributed by atoms with E-state index < -0.39 is 27.5 Å². The molecule has 0 aliphatic carbocycles. The fraction of sp³-hybridized carbons (Fsp3) is 0.500. The van der Waals surface area contributed by atoms with E-state index in [0.29, 0.717) is 5.56 Å². The van der Waals surface area contributed by atoms with Crippen LogP contribution in [0.25, 0.3) is 0 Å². The van der Waals surface area contributed by atoms with Crippen LogP contribution in [-0.4, -0.2) is 25.2 Å². The van der Waals surface area contributed by atoms with E-state index in [1.807, 2.05) is 0 Å². The number of sulfonamides is 1. The van der Waals surface area contributed by atoms with Crippen LogP contribution >= 0.6 is 0 Å². The summed E-state index contributed by atoms with van der Waals surface area (Å²) in [6.07, 6.45) is -0.873. The highest BCUT2D eigenvalue weighted by Gasteiger charge is 2.30. The first-order chi connectivity index (χ1) is 8.06. The van der Waals surface area contributed by atoms with Crippen molar-refractivity contribution in [3.8, 4) is 0 Å². The van der Waals surface area contributed by atoms with Crippen LogP contribution in [0.3, 0.4) is 0 Å². The van der Waals surface area contributed by atoms with Crippen LogP contribution in [0.4, 0.5) is 4.39 Å². The zero-order chi connectivity index (χ0) is 14.1. The Bertz CT molecular complexity index is 538. The molecule has 1 aromatic rings. The molecule has 4 nitrogen and oxygen atoms in total. The quantitative estimate of drug-likeness (QED) is 0.876. The van der Waals surface area contributed by atoms with Gasteiger partial charge in [0.25, 0.3) is 0 Å². The number of halogens is 1. The second kappa shape index (κ2) is 4.95. The normalized spacial score (nSPS) is 14.6. The maximum absolute atomic E-state index is 13.4. The summed E-state index contributed by atoms with van der Waals surface area (Å²) in [4.78, 5) is -0.153. The molecule has 102 valence electrons. The van der Waals surface area contributed by atoms with Crippen molar-refractivity contribution in [1.82, 2.24) is 4.72 Å². The number of aliphatic hydroxyl groups excluding tert-OH is 1. The summed E-state index contributed by atoms with van der Waals surface area (Å²) in [5.41, 5.74) is -0.649. The highest BCUT2D eigenvalue weighted by atomic mass is 32.2. The van der Waals surface area contributed by atoms with Gasteiger partial charge in [-0.1, -0.05) is 6.07 Å². The van der Waals surface area contributed by atoms with E-state index >= 15 is 0 Å². The first kappa shape index (κ1) is 15.1. The van der Waals surface area contributed by atoms with E-state index in [2.05, 4.69) is 4.72 Å². The fourth-order valence-electron chi connectivity index (χ4n) is 1.23. The molecule has 0 aliphatic rings. The van der Waals surface area contributed by atoms with Crippen LogP contribution in [0.1, 0.15) is 26.3 Å². The standard InChI is InChI=1S/C12H18FNO3S/c1-8-5-6-10(7-11(8)13)18(16,17)14-12(3,4)9(2)15/h5-7,9,14-15H,1-4H3. The summed E-state index contributed by atoms with van der Waals surface area (Å²) in [5.74, 6) is -0.576. The molecule has 0 radical (unpaired) electrons. The summed E-state index contributed by atoms with van der Waals surface area (Å²) < 4.78 is 39.8. The predicted molar refractivity (Wildman–Crippen MR) is 67.2 cm³/mol. The van der Waals surface area contributed by atoms with Gasteiger partial charge in [-0.25, -0.2) is 17.5 Å². The molecular formula is C12H18FNO3S. The topological polar surface area (TPSA) is 66.4 Å². The molecule has 0 saturated heterocycles. The molecule has 0 bridgehead atoms. The molecule has 0 aromatic heterocycles. The highest BCUT2D eigenvalue weighted by Crippen LogP contribution is 2.18. The lowest BCUT2D eigenvalue weighted by molar-refractivity contribution is 0.111. The Labute approximate surface area is 107 Å². The number of hydrogen-bond donors (Lipinski definition) is 2. The minimum Gasteiger partial charge on any atom is -0.391 e. The Morgan fingerprint density at radius 3 is 2.39 bits per heavy atom. The molecule has 2 N–H and O–H groups in total. The van der Waals surface area contributed by atoms with Crippen LogP contribution in [0.2, 0.25) is 0 Å². The SMILES string of the molecule is Cc1ccc(S(=O)(=O)NC(C)(C)C(C)O)cc1F. The Hall–Kier alpha value is -0.980. The summed E-state index contributed by atoms with van der Waals surface area (Å²) >= 11 is 0. The van der Waals surface area contributed by atoms with Crippen molar-refractivity contribution in [3.63, 3.8) is 0 Å². The maximum Gasteiger partial charge on any atom is 0.241 e. The van der Waals surface area contributed by atoms with Gasteiger partial charge in [0.15, 0.2) is 0 Å². The van der Waals surface area contributed by atoms with Gasteiger partial charge in [-0.05, 0) is 45.4 Å². The molecule has 0 aliphatic heterocycles. The number of nitrogens with one attached hydrogen (secondary N) is 1. The van der Waals surface area contributed by atoms with Gasteiger partial charge >= 0.3 is 0 Å². The third-order valence-corrected chi connectivity index (χ3v) is 4.56. The molecule has 6 heteroatoms. The zero-order valence-corrected chi connectivity index (χ0v) is 11.7. The molecular weight excluding hydrogens is 257 g/mol. The van der Waals surface area contributed by atoms with E-state index in [-0.39, 0.29) is 4.90 Å². The third-order valence-electron chi connectivity index (χ3n) is 2.90. The smallest absolute Gasteiger partial charge is 0.241 e. The number of rotatable bonds is 4. The molecule has 1 atom stereocenters. The van der Waals surface area contributed by atoms with Crippen LogP contribution in [0.5, 0.6) is 0 Å². The number of aliphatic hydroxyl groups is 1. The summed E-state index contributed by atoms with van der Waals surface area (Å²) in [5, 5.41) is 9.49. The highest BCUT2D eigenvalue weighted by molar-refractivity contribution is 7.89. The monoisotopic (exact) mass is 275 g/mol. The largest absolute Gasteiger partial charge is 0.391 e. The van der Waals surface area contributed by atoms with Crippen molar-refractivity contribution in [1.29, 1.82) is 0 Å². The van der Waals surface area contributed by atoms with Crippen molar-refractivity contribution >= 4 is 10.0 Å². The lowest BCUT2D eigenvalue weighted by Gasteiger charge is -2.28. The molecule has 0 amide bonds. The van der Waals surface area contributed by atoms with Gasteiger partial charge in [0, 0.05) is 0 Å². The van der Waals surface area contributed by atoms with Gasteiger partial charge in [-0.15, -0.1) is 0 Å². The van der Waals surface area contributed by atoms with Crippen LogP contribution in [0, 0.1) is 12.7 Å². The minimum atomic E-state index is -3.85. The Morgan fingerprint density at radius 1 is 1.39 bits per heavy atom. The van der Waals surface area contributed by atoms with E-state index in [1.165, 1.54) is 19.1 Å². The first-order valence-electron chi connectivity index (χ1n) is 5.54. The van der Waals surface area contributed by atoms with Crippen LogP contribution in [0.15, 0.2) is 23.1 Å². The lowest BCUT2D eigenvalue weighted by Crippen LogP contribution is -2.50. The van der Waals surface area contributed by atoms with Gasteiger partial charge in [0.1, 0.15) is 5.82 Å². The fourth-order valence-corrected chi connectivity index (χ4v) is 2.72. The molecule has 18 heavy (non-hydrogen) atoms. The maximum atomic E-state index is 13.4. The van der Waals surface area contributed by atoms with Crippen LogP contribution in [-0.2, 0) is 10.0 Å². The van der Waals surface area contributed by atoms with Crippen molar-refractivity contribution in [3.05, 3.63) is 29.6 Å². The second-order valence-corrected chi connectivity index (χ2v) is 6.60. The van der Waals surface area contributed by atoms with E-state index in [9.17, 15) is 17.9 Å². The average molecular weight is 275 g/mol. The second-order valence-electron chi connectivity index (χ2n) is 4.91. The van der Waals surface area contributed by atoms with Gasteiger partial charge in [0.05, 0.1) is 16.5 Å². The average Bonchev–Trinajstić information content (AvgIpc) is 2.20. The Balaban J connectivity index is 3.11. The van der Waals surface area contributed by atoms with Gasteiger partial charge < -0.3 is 5.11 Å². The number of aryl methyl sites for hydroxylation is 1.